The molecule has 1 aromatic heterocycles. The lowest BCUT2D eigenvalue weighted by Gasteiger charge is -2.20. The summed E-state index contributed by atoms with van der Waals surface area (Å²) in [6.07, 6.45) is 0. The monoisotopic (exact) mass is 397 g/mol. The molecule has 0 aliphatic rings. The lowest BCUT2D eigenvalue weighted by Crippen LogP contribution is -2.18. The standard InChI is InChI=1S/C16H20IN3O/c1-10-13(18-5)19-15(16(2,3)4)20-14(10)21-12-8-6-7-11(17)9-12/h6-9H,1-5H3,(H,18,19,20). The smallest absolute Gasteiger partial charge is 0.227 e. The van der Waals surface area contributed by atoms with Crippen LogP contribution in [0.4, 0.5) is 5.82 Å². The molecule has 112 valence electrons. The maximum Gasteiger partial charge on any atom is 0.227 e. The number of benzene rings is 1. The number of anilines is 1. The van der Waals surface area contributed by atoms with E-state index in [9.17, 15) is 0 Å². The molecule has 0 bridgehead atoms. The lowest BCUT2D eigenvalue weighted by atomic mass is 9.95. The number of hydrogen-bond donors (Lipinski definition) is 1. The van der Waals surface area contributed by atoms with Crippen LogP contribution in [0.15, 0.2) is 24.3 Å². The van der Waals surface area contributed by atoms with Gasteiger partial charge in [0.2, 0.25) is 5.88 Å². The molecular weight excluding hydrogens is 377 g/mol. The van der Waals surface area contributed by atoms with E-state index in [2.05, 4.69) is 58.6 Å². The van der Waals surface area contributed by atoms with Gasteiger partial charge in [0, 0.05) is 16.0 Å². The fraction of sp³-hybridized carbons (Fsp3) is 0.375. The van der Waals surface area contributed by atoms with Crippen LogP contribution < -0.4 is 10.1 Å². The molecule has 4 nitrogen and oxygen atoms in total. The zero-order valence-electron chi connectivity index (χ0n) is 13.0. The fourth-order valence-electron chi connectivity index (χ4n) is 1.82. The Balaban J connectivity index is 2.47. The van der Waals surface area contributed by atoms with E-state index in [-0.39, 0.29) is 5.41 Å². The minimum atomic E-state index is -0.136. The molecule has 5 heteroatoms. The Kier molecular flexibility index (Phi) is 4.70. The van der Waals surface area contributed by atoms with Gasteiger partial charge < -0.3 is 10.1 Å². The van der Waals surface area contributed by atoms with Crippen LogP contribution in [0.5, 0.6) is 11.6 Å². The van der Waals surface area contributed by atoms with Crippen molar-refractivity contribution in [3.63, 3.8) is 0 Å². The van der Waals surface area contributed by atoms with Gasteiger partial charge in [-0.1, -0.05) is 26.8 Å². The number of rotatable bonds is 3. The molecule has 0 unspecified atom stereocenters. The molecule has 0 radical (unpaired) electrons. The van der Waals surface area contributed by atoms with Crippen molar-refractivity contribution in [1.82, 2.24) is 9.97 Å². The van der Waals surface area contributed by atoms with E-state index in [4.69, 9.17) is 4.74 Å². The predicted molar refractivity (Wildman–Crippen MR) is 94.2 cm³/mol. The van der Waals surface area contributed by atoms with Crippen molar-refractivity contribution < 1.29 is 4.74 Å². The molecule has 1 heterocycles. The molecule has 2 aromatic rings. The number of aromatic nitrogens is 2. The van der Waals surface area contributed by atoms with Gasteiger partial charge in [0.05, 0.1) is 5.56 Å². The Labute approximate surface area is 139 Å². The van der Waals surface area contributed by atoms with E-state index in [1.807, 2.05) is 38.2 Å². The Hall–Kier alpha value is -1.37. The van der Waals surface area contributed by atoms with Crippen LogP contribution in [0, 0.1) is 10.5 Å². The summed E-state index contributed by atoms with van der Waals surface area (Å²) in [6, 6.07) is 7.91. The first-order valence-electron chi connectivity index (χ1n) is 6.81. The summed E-state index contributed by atoms with van der Waals surface area (Å²) in [5.74, 6) is 2.94. The van der Waals surface area contributed by atoms with Crippen molar-refractivity contribution in [3.8, 4) is 11.6 Å². The summed E-state index contributed by atoms with van der Waals surface area (Å²) < 4.78 is 7.10. The van der Waals surface area contributed by atoms with Crippen molar-refractivity contribution in [2.45, 2.75) is 33.1 Å². The van der Waals surface area contributed by atoms with Gasteiger partial charge >= 0.3 is 0 Å². The first-order chi connectivity index (χ1) is 9.81. The number of hydrogen-bond acceptors (Lipinski definition) is 4. The maximum atomic E-state index is 5.97. The van der Waals surface area contributed by atoms with Gasteiger partial charge in [0.1, 0.15) is 17.4 Å². The summed E-state index contributed by atoms with van der Waals surface area (Å²) in [5.41, 5.74) is 0.770. The molecule has 1 aromatic carbocycles. The summed E-state index contributed by atoms with van der Waals surface area (Å²) in [7, 11) is 1.86. The molecule has 0 amide bonds. The minimum Gasteiger partial charge on any atom is -0.439 e. The molecular formula is C16H20IN3O. The second-order valence-electron chi connectivity index (χ2n) is 5.89. The van der Waals surface area contributed by atoms with Crippen LogP contribution in [0.25, 0.3) is 0 Å². The third-order valence-corrected chi connectivity index (χ3v) is 3.69. The molecule has 21 heavy (non-hydrogen) atoms. The Morgan fingerprint density at radius 2 is 1.90 bits per heavy atom. The molecule has 0 aliphatic heterocycles. The van der Waals surface area contributed by atoms with Crippen LogP contribution in [0.2, 0.25) is 0 Å². The van der Waals surface area contributed by atoms with Crippen molar-refractivity contribution in [3.05, 3.63) is 39.2 Å². The molecule has 0 fully saturated rings. The van der Waals surface area contributed by atoms with Gasteiger partial charge in [0.15, 0.2) is 0 Å². The summed E-state index contributed by atoms with van der Waals surface area (Å²) >= 11 is 2.27. The van der Waals surface area contributed by atoms with E-state index in [0.717, 1.165) is 26.5 Å². The highest BCUT2D eigenvalue weighted by Crippen LogP contribution is 2.30. The second-order valence-corrected chi connectivity index (χ2v) is 7.13. The predicted octanol–water partition coefficient (Wildman–Crippen LogP) is 4.52. The summed E-state index contributed by atoms with van der Waals surface area (Å²) in [5, 5.41) is 3.11. The average molecular weight is 397 g/mol. The van der Waals surface area contributed by atoms with Crippen LogP contribution in [-0.2, 0) is 5.41 Å². The van der Waals surface area contributed by atoms with Crippen molar-refractivity contribution in [2.24, 2.45) is 0 Å². The van der Waals surface area contributed by atoms with Gasteiger partial charge in [-0.15, -0.1) is 0 Å². The van der Waals surface area contributed by atoms with Gasteiger partial charge in [-0.3, -0.25) is 0 Å². The third-order valence-electron chi connectivity index (χ3n) is 3.02. The third kappa shape index (κ3) is 3.84. The fourth-order valence-corrected chi connectivity index (χ4v) is 2.33. The van der Waals surface area contributed by atoms with E-state index >= 15 is 0 Å². The maximum absolute atomic E-state index is 5.97. The molecule has 0 saturated carbocycles. The van der Waals surface area contributed by atoms with Crippen LogP contribution in [0.1, 0.15) is 32.2 Å². The number of nitrogens with zero attached hydrogens (tertiary/aromatic N) is 2. The van der Waals surface area contributed by atoms with Crippen LogP contribution >= 0.6 is 22.6 Å². The topological polar surface area (TPSA) is 47.0 Å². The van der Waals surface area contributed by atoms with Gasteiger partial charge in [-0.25, -0.2) is 4.98 Å². The van der Waals surface area contributed by atoms with E-state index in [1.54, 1.807) is 0 Å². The SMILES string of the molecule is CNc1nc(C(C)(C)C)nc(Oc2cccc(I)c2)c1C. The number of nitrogens with one attached hydrogen (secondary N) is 1. The first kappa shape index (κ1) is 16.0. The largest absolute Gasteiger partial charge is 0.439 e. The lowest BCUT2D eigenvalue weighted by molar-refractivity contribution is 0.442. The zero-order valence-corrected chi connectivity index (χ0v) is 15.1. The summed E-state index contributed by atoms with van der Waals surface area (Å²) in [4.78, 5) is 9.18. The molecule has 0 atom stereocenters. The molecule has 0 spiro atoms. The van der Waals surface area contributed by atoms with Crippen LogP contribution in [-0.4, -0.2) is 17.0 Å². The van der Waals surface area contributed by atoms with Crippen molar-refractivity contribution in [1.29, 1.82) is 0 Å². The Morgan fingerprint density at radius 3 is 2.48 bits per heavy atom. The van der Waals surface area contributed by atoms with Gasteiger partial charge in [-0.05, 0) is 47.7 Å². The van der Waals surface area contributed by atoms with E-state index < -0.39 is 0 Å². The molecule has 1 N–H and O–H groups in total. The zero-order chi connectivity index (χ0) is 15.6. The number of halogens is 1. The van der Waals surface area contributed by atoms with Gasteiger partial charge in [0.25, 0.3) is 0 Å². The molecule has 0 saturated heterocycles. The highest BCUT2D eigenvalue weighted by Gasteiger charge is 2.21. The highest BCUT2D eigenvalue weighted by molar-refractivity contribution is 14.1. The van der Waals surface area contributed by atoms with E-state index in [1.165, 1.54) is 0 Å². The second kappa shape index (κ2) is 6.17. The van der Waals surface area contributed by atoms with Crippen LogP contribution in [0.3, 0.4) is 0 Å². The van der Waals surface area contributed by atoms with Gasteiger partial charge in [-0.2, -0.15) is 4.98 Å². The van der Waals surface area contributed by atoms with Crippen molar-refractivity contribution >= 4 is 28.4 Å². The quantitative estimate of drug-likeness (QED) is 0.774. The molecule has 0 aliphatic carbocycles. The van der Waals surface area contributed by atoms with E-state index in [0.29, 0.717) is 5.88 Å². The normalized spacial score (nSPS) is 11.3. The first-order valence-corrected chi connectivity index (χ1v) is 7.89. The van der Waals surface area contributed by atoms with Crippen molar-refractivity contribution in [2.75, 3.05) is 12.4 Å². The Bertz CT molecular complexity index is 650. The number of ether oxygens (including phenoxy) is 1. The highest BCUT2D eigenvalue weighted by atomic mass is 127. The minimum absolute atomic E-state index is 0.136. The summed E-state index contributed by atoms with van der Waals surface area (Å²) in [6.45, 7) is 8.23. The Morgan fingerprint density at radius 1 is 1.19 bits per heavy atom. The molecule has 2 rings (SSSR count). The average Bonchev–Trinajstić information content (AvgIpc) is 2.40.